The summed E-state index contributed by atoms with van der Waals surface area (Å²) in [5, 5.41) is 13.1. The molecule has 0 aliphatic heterocycles. The van der Waals surface area contributed by atoms with Gasteiger partial charge in [-0.3, -0.25) is 0 Å². The zero-order valence-electron chi connectivity index (χ0n) is 12.3. The summed E-state index contributed by atoms with van der Waals surface area (Å²) < 4.78 is 10.2. The van der Waals surface area contributed by atoms with E-state index in [2.05, 4.69) is 23.5 Å². The third kappa shape index (κ3) is 4.20. The number of aliphatic hydroxyl groups is 1. The average Bonchev–Trinajstić information content (AvgIpc) is 2.41. The molecule has 1 aliphatic rings. The number of hydrogen-bond acceptors (Lipinski definition) is 4. The molecule has 20 heavy (non-hydrogen) atoms. The maximum absolute atomic E-state index is 9.56. The second kappa shape index (κ2) is 7.62. The minimum atomic E-state index is -0.359. The van der Waals surface area contributed by atoms with Crippen LogP contribution >= 0.6 is 0 Å². The topological polar surface area (TPSA) is 50.7 Å². The molecule has 4 nitrogen and oxygen atoms in total. The normalized spacial score (nSPS) is 23.1. The van der Waals surface area contributed by atoms with Crippen LogP contribution in [0.4, 0.5) is 0 Å². The highest BCUT2D eigenvalue weighted by Crippen LogP contribution is 2.37. The van der Waals surface area contributed by atoms with Crippen molar-refractivity contribution < 1.29 is 14.6 Å². The van der Waals surface area contributed by atoms with Gasteiger partial charge in [0.15, 0.2) is 0 Å². The standard InChI is InChI=1S/C16H25NO3/c1-19-11-15(18)6-7-17-14-8-13(9-14)12-4-3-5-16(10-12)20-2/h3-5,10,13-15,17-18H,6-9,11H2,1-2H3. The molecule has 0 saturated heterocycles. The van der Waals surface area contributed by atoms with E-state index in [9.17, 15) is 5.11 Å². The highest BCUT2D eigenvalue weighted by molar-refractivity contribution is 5.32. The molecule has 0 spiro atoms. The molecule has 1 aromatic carbocycles. The molecule has 0 radical (unpaired) electrons. The summed E-state index contributed by atoms with van der Waals surface area (Å²) in [5.41, 5.74) is 1.36. The summed E-state index contributed by atoms with van der Waals surface area (Å²) in [6.45, 7) is 1.26. The predicted octanol–water partition coefficient (Wildman–Crippen LogP) is 1.93. The molecule has 0 amide bonds. The van der Waals surface area contributed by atoms with E-state index in [1.54, 1.807) is 14.2 Å². The SMILES string of the molecule is COCC(O)CCNC1CC(c2cccc(OC)c2)C1. The molecule has 0 heterocycles. The van der Waals surface area contributed by atoms with Crippen LogP contribution in [0.15, 0.2) is 24.3 Å². The average molecular weight is 279 g/mol. The summed E-state index contributed by atoms with van der Waals surface area (Å²) in [6.07, 6.45) is 2.71. The second-order valence-corrected chi connectivity index (χ2v) is 5.49. The monoisotopic (exact) mass is 279 g/mol. The summed E-state index contributed by atoms with van der Waals surface area (Å²) in [6, 6.07) is 8.90. The van der Waals surface area contributed by atoms with Crippen LogP contribution in [-0.4, -0.2) is 44.6 Å². The van der Waals surface area contributed by atoms with Gasteiger partial charge in [0.25, 0.3) is 0 Å². The van der Waals surface area contributed by atoms with Gasteiger partial charge in [0.2, 0.25) is 0 Å². The lowest BCUT2D eigenvalue weighted by Crippen LogP contribution is -2.41. The molecule has 1 atom stereocenters. The van der Waals surface area contributed by atoms with E-state index < -0.39 is 0 Å². The van der Waals surface area contributed by atoms with Gasteiger partial charge in [-0.2, -0.15) is 0 Å². The lowest BCUT2D eigenvalue weighted by Gasteiger charge is -2.36. The molecule has 1 saturated carbocycles. The number of benzene rings is 1. The number of hydrogen-bond donors (Lipinski definition) is 2. The molecule has 4 heteroatoms. The van der Waals surface area contributed by atoms with Gasteiger partial charge in [-0.1, -0.05) is 12.1 Å². The van der Waals surface area contributed by atoms with Gasteiger partial charge in [-0.25, -0.2) is 0 Å². The quantitative estimate of drug-likeness (QED) is 0.763. The van der Waals surface area contributed by atoms with E-state index in [1.807, 2.05) is 6.07 Å². The van der Waals surface area contributed by atoms with Gasteiger partial charge in [0.1, 0.15) is 5.75 Å². The van der Waals surface area contributed by atoms with Gasteiger partial charge in [-0.05, 0) is 49.4 Å². The summed E-state index contributed by atoms with van der Waals surface area (Å²) in [5.74, 6) is 1.56. The van der Waals surface area contributed by atoms with Crippen molar-refractivity contribution in [3.63, 3.8) is 0 Å². The molecule has 1 aromatic rings. The molecular weight excluding hydrogens is 254 g/mol. The maximum atomic E-state index is 9.56. The van der Waals surface area contributed by atoms with Crippen molar-refractivity contribution in [2.24, 2.45) is 0 Å². The molecule has 1 fully saturated rings. The first-order chi connectivity index (χ1) is 9.72. The van der Waals surface area contributed by atoms with Gasteiger partial charge in [0, 0.05) is 13.2 Å². The first kappa shape index (κ1) is 15.3. The number of ether oxygens (including phenoxy) is 2. The molecule has 0 bridgehead atoms. The van der Waals surface area contributed by atoms with Crippen molar-refractivity contribution in [1.29, 1.82) is 0 Å². The van der Waals surface area contributed by atoms with Gasteiger partial charge in [0.05, 0.1) is 19.8 Å². The van der Waals surface area contributed by atoms with Crippen LogP contribution in [0, 0.1) is 0 Å². The lowest BCUT2D eigenvalue weighted by atomic mass is 9.76. The van der Waals surface area contributed by atoms with Crippen molar-refractivity contribution >= 4 is 0 Å². The van der Waals surface area contributed by atoms with E-state index in [0.717, 1.165) is 31.6 Å². The van der Waals surface area contributed by atoms with Gasteiger partial charge in [-0.15, -0.1) is 0 Å². The van der Waals surface area contributed by atoms with E-state index in [4.69, 9.17) is 9.47 Å². The first-order valence-corrected chi connectivity index (χ1v) is 7.27. The Morgan fingerprint density at radius 1 is 1.35 bits per heavy atom. The largest absolute Gasteiger partial charge is 0.497 e. The van der Waals surface area contributed by atoms with E-state index in [1.165, 1.54) is 5.56 Å². The number of nitrogens with one attached hydrogen (secondary N) is 1. The van der Waals surface area contributed by atoms with Crippen LogP contribution in [0.5, 0.6) is 5.75 Å². The van der Waals surface area contributed by atoms with Crippen molar-refractivity contribution in [2.45, 2.75) is 37.3 Å². The zero-order valence-corrected chi connectivity index (χ0v) is 12.3. The first-order valence-electron chi connectivity index (χ1n) is 7.27. The Labute approximate surface area is 121 Å². The Morgan fingerprint density at radius 2 is 2.15 bits per heavy atom. The fraction of sp³-hybridized carbons (Fsp3) is 0.625. The van der Waals surface area contributed by atoms with Crippen LogP contribution in [0.1, 0.15) is 30.7 Å². The van der Waals surface area contributed by atoms with Crippen molar-refractivity contribution in [3.8, 4) is 5.75 Å². The minimum Gasteiger partial charge on any atom is -0.497 e. The summed E-state index contributed by atoms with van der Waals surface area (Å²) in [7, 11) is 3.32. The fourth-order valence-corrected chi connectivity index (χ4v) is 2.68. The summed E-state index contributed by atoms with van der Waals surface area (Å²) in [4.78, 5) is 0. The maximum Gasteiger partial charge on any atom is 0.119 e. The number of aliphatic hydroxyl groups excluding tert-OH is 1. The van der Waals surface area contributed by atoms with Crippen molar-refractivity contribution in [2.75, 3.05) is 27.4 Å². The van der Waals surface area contributed by atoms with Crippen molar-refractivity contribution in [1.82, 2.24) is 5.32 Å². The third-order valence-corrected chi connectivity index (χ3v) is 3.97. The Morgan fingerprint density at radius 3 is 2.85 bits per heavy atom. The smallest absolute Gasteiger partial charge is 0.119 e. The van der Waals surface area contributed by atoms with E-state index in [-0.39, 0.29) is 6.10 Å². The number of methoxy groups -OCH3 is 2. The van der Waals surface area contributed by atoms with E-state index in [0.29, 0.717) is 18.6 Å². The fourth-order valence-electron chi connectivity index (χ4n) is 2.68. The van der Waals surface area contributed by atoms with Gasteiger partial charge < -0.3 is 19.9 Å². The Hall–Kier alpha value is -1.10. The van der Waals surface area contributed by atoms with Crippen LogP contribution in [0.25, 0.3) is 0 Å². The Balaban J connectivity index is 1.66. The Kier molecular flexibility index (Phi) is 5.83. The summed E-state index contributed by atoms with van der Waals surface area (Å²) >= 11 is 0. The van der Waals surface area contributed by atoms with Crippen LogP contribution in [-0.2, 0) is 4.74 Å². The molecular formula is C16H25NO3. The van der Waals surface area contributed by atoms with Crippen LogP contribution in [0.3, 0.4) is 0 Å². The van der Waals surface area contributed by atoms with Crippen molar-refractivity contribution in [3.05, 3.63) is 29.8 Å². The molecule has 1 aliphatic carbocycles. The second-order valence-electron chi connectivity index (χ2n) is 5.49. The molecule has 2 rings (SSSR count). The molecule has 1 unspecified atom stereocenters. The number of rotatable bonds is 8. The molecule has 112 valence electrons. The minimum absolute atomic E-state index is 0.359. The molecule has 0 aromatic heterocycles. The highest BCUT2D eigenvalue weighted by atomic mass is 16.5. The Bertz CT molecular complexity index is 404. The van der Waals surface area contributed by atoms with Crippen LogP contribution < -0.4 is 10.1 Å². The van der Waals surface area contributed by atoms with Gasteiger partial charge >= 0.3 is 0 Å². The lowest BCUT2D eigenvalue weighted by molar-refractivity contribution is 0.0582. The van der Waals surface area contributed by atoms with E-state index >= 15 is 0 Å². The highest BCUT2D eigenvalue weighted by Gasteiger charge is 2.29. The zero-order chi connectivity index (χ0) is 14.4. The molecule has 2 N–H and O–H groups in total. The predicted molar refractivity (Wildman–Crippen MR) is 79.3 cm³/mol. The third-order valence-electron chi connectivity index (χ3n) is 3.97. The van der Waals surface area contributed by atoms with Crippen LogP contribution in [0.2, 0.25) is 0 Å².